The van der Waals surface area contributed by atoms with Gasteiger partial charge in [-0.15, -0.1) is 0 Å². The molecule has 12 heteroatoms. The Labute approximate surface area is 207 Å². The number of nitrogens with one attached hydrogen (secondary N) is 3. The summed E-state index contributed by atoms with van der Waals surface area (Å²) in [5.74, 6) is -0.168. The van der Waals surface area contributed by atoms with E-state index >= 15 is 0 Å². The van der Waals surface area contributed by atoms with E-state index in [0.717, 1.165) is 0 Å². The topological polar surface area (TPSA) is 137 Å². The number of thiocarbonyl (C=S) groups is 1. The fourth-order valence-corrected chi connectivity index (χ4v) is 3.74. The van der Waals surface area contributed by atoms with Crippen LogP contribution < -0.4 is 15.4 Å². The number of hydrogen-bond acceptors (Lipinski definition) is 7. The van der Waals surface area contributed by atoms with E-state index in [9.17, 15) is 9.59 Å². The quantitative estimate of drug-likeness (QED) is 0.0688. The zero-order valence-corrected chi connectivity index (χ0v) is 22.5. The van der Waals surface area contributed by atoms with Gasteiger partial charge in [0.1, 0.15) is 0 Å². The van der Waals surface area contributed by atoms with Crippen LogP contribution in [-0.4, -0.2) is 67.1 Å². The summed E-state index contributed by atoms with van der Waals surface area (Å²) in [7, 11) is 0. The molecule has 0 bridgehead atoms. The largest absolute Gasteiger partial charge is 0.379 e. The second kappa shape index (κ2) is 16.1. The first-order chi connectivity index (χ1) is 15.3. The fourth-order valence-electron chi connectivity index (χ4n) is 3.17. The van der Waals surface area contributed by atoms with E-state index in [2.05, 4.69) is 25.4 Å². The highest BCUT2D eigenvalue weighted by atomic mass is 32.2. The summed E-state index contributed by atoms with van der Waals surface area (Å²) in [5, 5.41) is 9.98. The van der Waals surface area contributed by atoms with Crippen molar-refractivity contribution < 1.29 is 19.1 Å². The Morgan fingerprint density at radius 1 is 1.06 bits per heavy atom. The van der Waals surface area contributed by atoms with Gasteiger partial charge in [-0.05, 0) is 25.8 Å². The van der Waals surface area contributed by atoms with Crippen molar-refractivity contribution >= 4 is 41.0 Å². The van der Waals surface area contributed by atoms with Gasteiger partial charge in [-0.3, -0.25) is 9.59 Å². The number of hydrogen-bond donors (Lipinski definition) is 3. The van der Waals surface area contributed by atoms with Crippen LogP contribution in [0.5, 0.6) is 0 Å². The number of carbonyl (C=O) groups is 2. The smallest absolute Gasteiger partial charge is 0.232 e. The molecule has 0 heterocycles. The third-order valence-electron chi connectivity index (χ3n) is 4.39. The Bertz CT molecular complexity index is 682. The predicted molar refractivity (Wildman–Crippen MR) is 137 cm³/mol. The van der Waals surface area contributed by atoms with Gasteiger partial charge in [0.25, 0.3) is 0 Å². The van der Waals surface area contributed by atoms with Gasteiger partial charge >= 0.3 is 0 Å². The molecule has 0 fully saturated rings. The minimum atomic E-state index is -0.596. The first-order valence-corrected chi connectivity index (χ1v) is 12.6. The van der Waals surface area contributed by atoms with Crippen LogP contribution in [0.2, 0.25) is 0 Å². The molecule has 0 aliphatic heterocycles. The normalized spacial score (nSPS) is 12.6. The van der Waals surface area contributed by atoms with E-state index in [0.29, 0.717) is 11.4 Å². The standard InChI is InChI=1S/C21H40N6O4S2/c1-15(2)23-17(28)8-10-30-12-16(13-31-11-9-18(29)25-33-7)24-19(32)20(3,4)14-21(5,6)26-27-22/h15-16H,8-14H2,1-7H3,(H,23,28)(H,24,32)(H,25,29). The average molecular weight is 505 g/mol. The Balaban J connectivity index is 4.90. The summed E-state index contributed by atoms with van der Waals surface area (Å²) in [6, 6.07) is -0.186. The second-order valence-corrected chi connectivity index (χ2v) is 10.4. The summed E-state index contributed by atoms with van der Waals surface area (Å²) in [5.41, 5.74) is 7.76. The summed E-state index contributed by atoms with van der Waals surface area (Å²) in [4.78, 5) is 26.9. The van der Waals surface area contributed by atoms with Crippen molar-refractivity contribution in [1.29, 1.82) is 0 Å². The lowest BCUT2D eigenvalue weighted by molar-refractivity contribution is -0.122. The Kier molecular flexibility index (Phi) is 15.3. The van der Waals surface area contributed by atoms with Crippen molar-refractivity contribution in [3.63, 3.8) is 0 Å². The molecule has 0 aliphatic carbocycles. The Morgan fingerprint density at radius 2 is 1.61 bits per heavy atom. The van der Waals surface area contributed by atoms with Gasteiger partial charge in [-0.1, -0.05) is 57.0 Å². The van der Waals surface area contributed by atoms with E-state index in [1.807, 2.05) is 41.5 Å². The minimum absolute atomic E-state index is 0.0671. The minimum Gasteiger partial charge on any atom is -0.379 e. The summed E-state index contributed by atoms with van der Waals surface area (Å²) < 4.78 is 14.0. The number of nitrogens with zero attached hydrogens (tertiary/aromatic N) is 3. The van der Waals surface area contributed by atoms with E-state index in [-0.39, 0.29) is 63.2 Å². The van der Waals surface area contributed by atoms with E-state index in [1.165, 1.54) is 11.9 Å². The van der Waals surface area contributed by atoms with Crippen LogP contribution in [0.1, 0.15) is 60.8 Å². The van der Waals surface area contributed by atoms with Crippen LogP contribution in [0.25, 0.3) is 10.4 Å². The van der Waals surface area contributed by atoms with Crippen molar-refractivity contribution in [1.82, 2.24) is 15.4 Å². The third kappa shape index (κ3) is 15.8. The molecular formula is C21H40N6O4S2. The number of amides is 2. The van der Waals surface area contributed by atoms with Crippen LogP contribution >= 0.6 is 24.2 Å². The highest BCUT2D eigenvalue weighted by Crippen LogP contribution is 2.31. The molecule has 3 N–H and O–H groups in total. The van der Waals surface area contributed by atoms with Crippen LogP contribution in [0.3, 0.4) is 0 Å². The molecular weight excluding hydrogens is 464 g/mol. The lowest BCUT2D eigenvalue weighted by Gasteiger charge is -2.34. The third-order valence-corrected chi connectivity index (χ3v) is 5.49. The highest BCUT2D eigenvalue weighted by molar-refractivity contribution is 7.97. The fraction of sp³-hybridized carbons (Fsp3) is 0.857. The number of azide groups is 1. The molecule has 0 aromatic carbocycles. The molecule has 0 radical (unpaired) electrons. The zero-order valence-electron chi connectivity index (χ0n) is 20.9. The van der Waals surface area contributed by atoms with Crippen LogP contribution in [0.15, 0.2) is 5.11 Å². The SMILES string of the molecule is CSNC(=O)CCOCC(COCCC(=O)NC(C)C)NC(=S)C(C)(C)CC(C)(C)N=[N+]=[N-]. The Hall–Kier alpha value is -1.59. The van der Waals surface area contributed by atoms with Crippen molar-refractivity contribution in [3.05, 3.63) is 10.4 Å². The number of carbonyl (C=O) groups excluding carboxylic acids is 2. The van der Waals surface area contributed by atoms with Crippen LogP contribution in [-0.2, 0) is 19.1 Å². The molecule has 33 heavy (non-hydrogen) atoms. The second-order valence-electron chi connectivity index (χ2n) is 9.33. The molecule has 0 aromatic rings. The predicted octanol–water partition coefficient (Wildman–Crippen LogP) is 3.51. The highest BCUT2D eigenvalue weighted by Gasteiger charge is 2.32. The van der Waals surface area contributed by atoms with Crippen molar-refractivity contribution in [3.8, 4) is 0 Å². The summed E-state index contributed by atoms with van der Waals surface area (Å²) in [6.07, 6.45) is 2.84. The maximum Gasteiger partial charge on any atom is 0.232 e. The van der Waals surface area contributed by atoms with Gasteiger partial charge in [-0.25, -0.2) is 0 Å². The molecule has 0 saturated carbocycles. The van der Waals surface area contributed by atoms with E-state index in [4.69, 9.17) is 27.2 Å². The van der Waals surface area contributed by atoms with Gasteiger partial charge in [0, 0.05) is 34.6 Å². The molecule has 1 atom stereocenters. The van der Waals surface area contributed by atoms with Crippen molar-refractivity contribution in [2.45, 2.75) is 78.4 Å². The molecule has 190 valence electrons. The molecule has 0 aliphatic rings. The molecule has 0 saturated heterocycles. The zero-order chi connectivity index (χ0) is 25.5. The monoisotopic (exact) mass is 504 g/mol. The summed E-state index contributed by atoms with van der Waals surface area (Å²) >= 11 is 6.90. The number of rotatable bonds is 17. The first kappa shape index (κ1) is 31.4. The van der Waals surface area contributed by atoms with Crippen LogP contribution in [0, 0.1) is 5.41 Å². The van der Waals surface area contributed by atoms with Gasteiger partial charge in [-0.2, -0.15) is 0 Å². The van der Waals surface area contributed by atoms with Gasteiger partial charge < -0.3 is 24.8 Å². The maximum atomic E-state index is 11.8. The molecule has 10 nitrogen and oxygen atoms in total. The van der Waals surface area contributed by atoms with Crippen LogP contribution in [0.4, 0.5) is 0 Å². The Morgan fingerprint density at radius 3 is 2.09 bits per heavy atom. The summed E-state index contributed by atoms with van der Waals surface area (Å²) in [6.45, 7) is 12.6. The maximum absolute atomic E-state index is 11.8. The first-order valence-electron chi connectivity index (χ1n) is 11.0. The van der Waals surface area contributed by atoms with E-state index in [1.54, 1.807) is 6.26 Å². The van der Waals surface area contributed by atoms with Crippen molar-refractivity contribution in [2.24, 2.45) is 10.5 Å². The molecule has 0 rings (SSSR count). The molecule has 0 aromatic heterocycles. The lowest BCUT2D eigenvalue weighted by Crippen LogP contribution is -2.48. The van der Waals surface area contributed by atoms with Gasteiger partial charge in [0.15, 0.2) is 0 Å². The molecule has 2 amide bonds. The lowest BCUT2D eigenvalue weighted by atomic mass is 9.80. The molecule has 1 unspecified atom stereocenters. The number of ether oxygens (including phenoxy) is 2. The van der Waals surface area contributed by atoms with Gasteiger partial charge in [0.2, 0.25) is 11.8 Å². The average Bonchev–Trinajstić information content (AvgIpc) is 2.66. The van der Waals surface area contributed by atoms with E-state index < -0.39 is 11.0 Å². The van der Waals surface area contributed by atoms with Gasteiger partial charge in [0.05, 0.1) is 43.9 Å². The van der Waals surface area contributed by atoms with Crippen molar-refractivity contribution in [2.75, 3.05) is 32.7 Å². The molecule has 0 spiro atoms.